The van der Waals surface area contributed by atoms with Gasteiger partial charge in [-0.25, -0.2) is 4.79 Å². The molecule has 172 valence electrons. The van der Waals surface area contributed by atoms with Crippen LogP contribution in [0.4, 0.5) is 4.39 Å². The molecule has 2 aromatic heterocycles. The van der Waals surface area contributed by atoms with E-state index in [1.165, 1.54) is 7.11 Å². The Labute approximate surface area is 191 Å². The molecule has 0 aliphatic carbocycles. The van der Waals surface area contributed by atoms with E-state index >= 15 is 0 Å². The van der Waals surface area contributed by atoms with Crippen molar-refractivity contribution in [2.45, 2.75) is 38.3 Å². The van der Waals surface area contributed by atoms with Crippen LogP contribution >= 0.6 is 0 Å². The molecule has 4 rings (SSSR count). The normalized spacial score (nSPS) is 12.2. The molecule has 4 aromatic rings. The van der Waals surface area contributed by atoms with Crippen LogP contribution in [0.5, 0.6) is 0 Å². The van der Waals surface area contributed by atoms with E-state index in [-0.39, 0.29) is 12.6 Å². The second-order valence-corrected chi connectivity index (χ2v) is 8.12. The Morgan fingerprint density at radius 2 is 1.82 bits per heavy atom. The van der Waals surface area contributed by atoms with E-state index in [4.69, 9.17) is 4.74 Å². The highest BCUT2D eigenvalue weighted by Gasteiger charge is 2.25. The lowest BCUT2D eigenvalue weighted by Crippen LogP contribution is -2.43. The molecule has 0 fully saturated rings. The van der Waals surface area contributed by atoms with Gasteiger partial charge in [-0.05, 0) is 37.0 Å². The number of nitrogens with zero attached hydrogens (tertiary/aromatic N) is 1. The number of aryl methyl sites for hydroxylation is 1. The summed E-state index contributed by atoms with van der Waals surface area (Å²) in [5.74, 6) is -0.826. The van der Waals surface area contributed by atoms with E-state index in [9.17, 15) is 14.0 Å². The third-order valence-corrected chi connectivity index (χ3v) is 5.96. The summed E-state index contributed by atoms with van der Waals surface area (Å²) >= 11 is 0. The lowest BCUT2D eigenvalue weighted by Gasteiger charge is -2.16. The van der Waals surface area contributed by atoms with Crippen LogP contribution in [-0.4, -0.2) is 41.3 Å². The minimum absolute atomic E-state index is 0.310. The summed E-state index contributed by atoms with van der Waals surface area (Å²) in [4.78, 5) is 29.0. The Hall–Kier alpha value is -3.61. The molecule has 0 aliphatic heterocycles. The maximum atomic E-state index is 13.3. The van der Waals surface area contributed by atoms with Crippen molar-refractivity contribution in [3.8, 4) is 0 Å². The van der Waals surface area contributed by atoms with Gasteiger partial charge in [0.1, 0.15) is 6.04 Å². The summed E-state index contributed by atoms with van der Waals surface area (Å²) in [6.07, 6.45) is 6.14. The first-order valence-corrected chi connectivity index (χ1v) is 11.2. The Bertz CT molecular complexity index is 1260. The minimum Gasteiger partial charge on any atom is -0.467 e. The average molecular weight is 450 g/mol. The smallest absolute Gasteiger partial charge is 0.328 e. The highest BCUT2D eigenvalue weighted by Crippen LogP contribution is 2.23. The number of fused-ring (bicyclic) bond motifs is 2. The van der Waals surface area contributed by atoms with Crippen molar-refractivity contribution < 1.29 is 18.7 Å². The van der Waals surface area contributed by atoms with Crippen molar-refractivity contribution in [2.24, 2.45) is 0 Å². The number of halogens is 1. The van der Waals surface area contributed by atoms with Gasteiger partial charge in [0.25, 0.3) is 5.91 Å². The highest BCUT2D eigenvalue weighted by atomic mass is 19.1. The molecule has 2 N–H and O–H groups in total. The predicted octanol–water partition coefficient (Wildman–Crippen LogP) is 4.78. The van der Waals surface area contributed by atoms with Crippen molar-refractivity contribution in [1.29, 1.82) is 0 Å². The molecule has 2 aromatic carbocycles. The van der Waals surface area contributed by atoms with E-state index in [0.29, 0.717) is 24.9 Å². The number of para-hydroxylation sites is 2. The number of carbonyl (C=O) groups is 2. The largest absolute Gasteiger partial charge is 0.467 e. The summed E-state index contributed by atoms with van der Waals surface area (Å²) in [5.41, 5.74) is 3.34. The van der Waals surface area contributed by atoms with Crippen LogP contribution in [0.1, 0.15) is 35.2 Å². The summed E-state index contributed by atoms with van der Waals surface area (Å²) in [6, 6.07) is 14.7. The zero-order chi connectivity index (χ0) is 23.2. The van der Waals surface area contributed by atoms with Gasteiger partial charge >= 0.3 is 5.97 Å². The number of alkyl halides is 1. The molecule has 0 bridgehead atoms. The molecular weight excluding hydrogens is 421 g/mol. The number of hydrogen-bond donors (Lipinski definition) is 2. The van der Waals surface area contributed by atoms with E-state index in [1.54, 1.807) is 0 Å². The number of amides is 1. The number of aromatic amines is 1. The summed E-state index contributed by atoms with van der Waals surface area (Å²) < 4.78 is 19.4. The zero-order valence-corrected chi connectivity index (χ0v) is 18.6. The maximum absolute atomic E-state index is 13.3. The standard InChI is InChI=1S/C26H28FN3O3/c1-33-26(32)23(15-18-16-28-22-11-5-3-9-19(18)22)29-25(31)21-17-30(14-8-2-7-13-27)24-12-6-4-10-20(21)24/h3-6,9-12,16-17,23,28H,2,7-8,13-15H2,1H3,(H,29,31)/t23-/m0/s1. The number of methoxy groups -OCH3 is 1. The Morgan fingerprint density at radius 3 is 2.61 bits per heavy atom. The number of carbonyl (C=O) groups excluding carboxylic acids is 2. The van der Waals surface area contributed by atoms with Crippen LogP contribution in [-0.2, 0) is 22.5 Å². The molecule has 33 heavy (non-hydrogen) atoms. The van der Waals surface area contributed by atoms with Crippen LogP contribution in [0.2, 0.25) is 0 Å². The fourth-order valence-corrected chi connectivity index (χ4v) is 4.26. The third-order valence-electron chi connectivity index (χ3n) is 5.96. The van der Waals surface area contributed by atoms with E-state index in [1.807, 2.05) is 65.5 Å². The van der Waals surface area contributed by atoms with Gasteiger partial charge in [0.15, 0.2) is 0 Å². The van der Waals surface area contributed by atoms with Crippen molar-refractivity contribution in [3.05, 3.63) is 72.1 Å². The van der Waals surface area contributed by atoms with E-state index in [2.05, 4.69) is 10.3 Å². The van der Waals surface area contributed by atoms with Crippen LogP contribution in [0.25, 0.3) is 21.8 Å². The van der Waals surface area contributed by atoms with Gasteiger partial charge in [-0.3, -0.25) is 9.18 Å². The van der Waals surface area contributed by atoms with Crippen molar-refractivity contribution in [2.75, 3.05) is 13.8 Å². The fourth-order valence-electron chi connectivity index (χ4n) is 4.26. The number of hydrogen-bond acceptors (Lipinski definition) is 3. The predicted molar refractivity (Wildman–Crippen MR) is 127 cm³/mol. The maximum Gasteiger partial charge on any atom is 0.328 e. The molecule has 0 aliphatic rings. The van der Waals surface area contributed by atoms with Crippen LogP contribution in [0, 0.1) is 0 Å². The number of esters is 1. The molecule has 0 radical (unpaired) electrons. The number of nitrogens with one attached hydrogen (secondary N) is 2. The molecule has 0 saturated carbocycles. The molecule has 2 heterocycles. The SMILES string of the molecule is COC(=O)[C@H](Cc1c[nH]c2ccccc12)NC(=O)c1cn(CCCCCF)c2ccccc12. The Kier molecular flexibility index (Phi) is 7.07. The second kappa shape index (κ2) is 10.3. The first-order chi connectivity index (χ1) is 16.1. The summed E-state index contributed by atoms with van der Waals surface area (Å²) in [5, 5.41) is 4.70. The van der Waals surface area contributed by atoms with Crippen molar-refractivity contribution >= 4 is 33.7 Å². The minimum atomic E-state index is -0.826. The Balaban J connectivity index is 1.57. The quantitative estimate of drug-likeness (QED) is 0.270. The molecule has 0 unspecified atom stereocenters. The second-order valence-electron chi connectivity index (χ2n) is 8.12. The monoisotopic (exact) mass is 449 g/mol. The molecule has 7 heteroatoms. The number of aromatic nitrogens is 2. The molecule has 1 atom stereocenters. The molecule has 0 spiro atoms. The average Bonchev–Trinajstić information content (AvgIpc) is 3.42. The molecule has 0 saturated heterocycles. The fraction of sp³-hybridized carbons (Fsp3) is 0.308. The van der Waals surface area contributed by atoms with Gasteiger partial charge in [0.2, 0.25) is 0 Å². The van der Waals surface area contributed by atoms with Crippen LogP contribution in [0.15, 0.2) is 60.9 Å². The highest BCUT2D eigenvalue weighted by molar-refractivity contribution is 6.08. The molecule has 6 nitrogen and oxygen atoms in total. The van der Waals surface area contributed by atoms with Crippen molar-refractivity contribution in [1.82, 2.24) is 14.9 Å². The van der Waals surface area contributed by atoms with Gasteiger partial charge in [-0.15, -0.1) is 0 Å². The number of rotatable bonds is 10. The summed E-state index contributed by atoms with van der Waals surface area (Å²) in [6.45, 7) is 0.384. The van der Waals surface area contributed by atoms with E-state index in [0.717, 1.165) is 40.2 Å². The molecular formula is C26H28FN3O3. The summed E-state index contributed by atoms with van der Waals surface area (Å²) in [7, 11) is 1.32. The lowest BCUT2D eigenvalue weighted by molar-refractivity contribution is -0.142. The Morgan fingerprint density at radius 1 is 1.06 bits per heavy atom. The third kappa shape index (κ3) is 4.92. The number of H-pyrrole nitrogens is 1. The van der Waals surface area contributed by atoms with Gasteiger partial charge in [0, 0.05) is 47.2 Å². The lowest BCUT2D eigenvalue weighted by atomic mass is 10.0. The zero-order valence-electron chi connectivity index (χ0n) is 18.6. The first-order valence-electron chi connectivity index (χ1n) is 11.2. The number of ether oxygens (including phenoxy) is 1. The van der Waals surface area contributed by atoms with Crippen LogP contribution in [0.3, 0.4) is 0 Å². The van der Waals surface area contributed by atoms with Gasteiger partial charge < -0.3 is 19.6 Å². The first kappa shape index (κ1) is 22.6. The number of benzene rings is 2. The van der Waals surface area contributed by atoms with Gasteiger partial charge in [-0.2, -0.15) is 0 Å². The molecule has 1 amide bonds. The van der Waals surface area contributed by atoms with Crippen molar-refractivity contribution in [3.63, 3.8) is 0 Å². The number of unbranched alkanes of at least 4 members (excludes halogenated alkanes) is 2. The van der Waals surface area contributed by atoms with Gasteiger partial charge in [-0.1, -0.05) is 36.4 Å². The van der Waals surface area contributed by atoms with E-state index < -0.39 is 12.0 Å². The van der Waals surface area contributed by atoms with Crippen LogP contribution < -0.4 is 5.32 Å². The topological polar surface area (TPSA) is 76.1 Å². The van der Waals surface area contributed by atoms with Gasteiger partial charge in [0.05, 0.1) is 19.3 Å².